The lowest BCUT2D eigenvalue weighted by atomic mass is 10.2. The molecule has 2 fully saturated rings. The summed E-state index contributed by atoms with van der Waals surface area (Å²) in [6.07, 6.45) is -0.140. The molecule has 1 aromatic rings. The number of ether oxygens (including phenoxy) is 1. The first-order valence-electron chi connectivity index (χ1n) is 8.29. The van der Waals surface area contributed by atoms with Gasteiger partial charge in [0.05, 0.1) is 20.2 Å². The fraction of sp³-hybridized carbons (Fsp3) is 0.471. The van der Waals surface area contributed by atoms with Crippen molar-refractivity contribution in [2.75, 3.05) is 44.9 Å². The molecule has 0 radical (unpaired) electrons. The quantitative estimate of drug-likeness (QED) is 0.608. The zero-order valence-corrected chi connectivity index (χ0v) is 14.2. The van der Waals surface area contributed by atoms with Gasteiger partial charge >= 0.3 is 12.0 Å². The largest absolute Gasteiger partial charge is 0.469 e. The molecule has 1 atom stereocenters. The van der Waals surface area contributed by atoms with Crippen molar-refractivity contribution in [2.45, 2.75) is 12.5 Å². The summed E-state index contributed by atoms with van der Waals surface area (Å²) in [6.45, 7) is 3.42. The number of urea groups is 1. The molecule has 3 amide bonds. The van der Waals surface area contributed by atoms with Gasteiger partial charge in [0, 0.05) is 31.9 Å². The Balaban J connectivity index is 1.52. The number of piperazine rings is 1. The Hall–Kier alpha value is -2.61. The fourth-order valence-corrected chi connectivity index (χ4v) is 3.09. The maximum absolute atomic E-state index is 12.3. The van der Waals surface area contributed by atoms with E-state index in [9.17, 15) is 14.4 Å². The highest BCUT2D eigenvalue weighted by Crippen LogP contribution is 2.17. The van der Waals surface area contributed by atoms with Gasteiger partial charge in [0.25, 0.3) is 5.91 Å². The minimum atomic E-state index is -0.828. The van der Waals surface area contributed by atoms with Crippen LogP contribution in [0.25, 0.3) is 0 Å². The Labute approximate surface area is 146 Å². The molecular weight excluding hydrogens is 324 g/mol. The molecule has 8 nitrogen and oxygen atoms in total. The third-order valence-electron chi connectivity index (χ3n) is 4.54. The van der Waals surface area contributed by atoms with E-state index in [1.165, 1.54) is 17.7 Å². The third kappa shape index (κ3) is 3.90. The lowest BCUT2D eigenvalue weighted by Crippen LogP contribution is -2.51. The zero-order valence-electron chi connectivity index (χ0n) is 14.2. The molecule has 134 valence electrons. The smallest absolute Gasteiger partial charge is 0.325 e. The number of anilines is 1. The summed E-state index contributed by atoms with van der Waals surface area (Å²) in [7, 11) is 1.26. The molecule has 0 bridgehead atoms. The summed E-state index contributed by atoms with van der Waals surface area (Å²) < 4.78 is 4.56. The van der Waals surface area contributed by atoms with Gasteiger partial charge in [0.15, 0.2) is 0 Å². The highest BCUT2D eigenvalue weighted by molar-refractivity contribution is 6.05. The molecule has 8 heteroatoms. The number of hydrogen-bond acceptors (Lipinski definition) is 6. The van der Waals surface area contributed by atoms with Gasteiger partial charge in [0.2, 0.25) is 0 Å². The minimum Gasteiger partial charge on any atom is -0.469 e. The van der Waals surface area contributed by atoms with Crippen LogP contribution in [0.5, 0.6) is 0 Å². The number of nitrogens with one attached hydrogen (secondary N) is 1. The monoisotopic (exact) mass is 346 g/mol. The van der Waals surface area contributed by atoms with Crippen LogP contribution in [-0.4, -0.2) is 73.7 Å². The summed E-state index contributed by atoms with van der Waals surface area (Å²) in [5.41, 5.74) is 1.18. The van der Waals surface area contributed by atoms with E-state index in [0.717, 1.165) is 26.2 Å². The Morgan fingerprint density at radius 1 is 1.16 bits per heavy atom. The summed E-state index contributed by atoms with van der Waals surface area (Å²) in [4.78, 5) is 41.2. The fourth-order valence-electron chi connectivity index (χ4n) is 3.09. The average Bonchev–Trinajstić information content (AvgIpc) is 2.90. The van der Waals surface area contributed by atoms with Gasteiger partial charge in [0.1, 0.15) is 6.04 Å². The van der Waals surface area contributed by atoms with Gasteiger partial charge in [-0.15, -0.1) is 0 Å². The van der Waals surface area contributed by atoms with Crippen LogP contribution in [0, 0.1) is 0 Å². The third-order valence-corrected chi connectivity index (χ3v) is 4.54. The first-order chi connectivity index (χ1) is 12.1. The maximum Gasteiger partial charge on any atom is 0.325 e. The summed E-state index contributed by atoms with van der Waals surface area (Å²) in [6, 6.07) is 8.87. The second-order valence-corrected chi connectivity index (χ2v) is 6.13. The van der Waals surface area contributed by atoms with E-state index >= 15 is 0 Å². The van der Waals surface area contributed by atoms with Crippen LogP contribution in [0.4, 0.5) is 10.5 Å². The number of carbonyl (C=O) groups excluding carboxylic acids is 3. The maximum atomic E-state index is 12.3. The van der Waals surface area contributed by atoms with Crippen molar-refractivity contribution in [3.05, 3.63) is 30.3 Å². The number of rotatable bonds is 5. The molecule has 0 aromatic heterocycles. The van der Waals surface area contributed by atoms with E-state index in [-0.39, 0.29) is 19.0 Å². The number of nitrogens with zero attached hydrogens (tertiary/aromatic N) is 3. The van der Waals surface area contributed by atoms with Crippen molar-refractivity contribution in [1.82, 2.24) is 15.1 Å². The molecule has 0 aliphatic carbocycles. The molecule has 0 saturated carbocycles. The van der Waals surface area contributed by atoms with E-state index < -0.39 is 18.0 Å². The van der Waals surface area contributed by atoms with Crippen LogP contribution in [0.1, 0.15) is 6.42 Å². The van der Waals surface area contributed by atoms with Gasteiger partial charge in [-0.3, -0.25) is 14.5 Å². The summed E-state index contributed by atoms with van der Waals surface area (Å²) in [5.74, 6) is -0.891. The van der Waals surface area contributed by atoms with Crippen molar-refractivity contribution in [3.63, 3.8) is 0 Å². The van der Waals surface area contributed by atoms with Crippen molar-refractivity contribution in [2.24, 2.45) is 0 Å². The van der Waals surface area contributed by atoms with Crippen molar-refractivity contribution in [1.29, 1.82) is 0 Å². The topological polar surface area (TPSA) is 82.2 Å². The van der Waals surface area contributed by atoms with E-state index in [2.05, 4.69) is 32.0 Å². The lowest BCUT2D eigenvalue weighted by Gasteiger charge is -2.37. The zero-order chi connectivity index (χ0) is 17.8. The van der Waals surface area contributed by atoms with Crippen molar-refractivity contribution >= 4 is 23.6 Å². The van der Waals surface area contributed by atoms with Crippen LogP contribution in [-0.2, 0) is 14.3 Å². The molecule has 3 rings (SSSR count). The number of amides is 3. The predicted octanol–water partition coefficient (Wildman–Crippen LogP) is 0.250. The first kappa shape index (κ1) is 17.2. The van der Waals surface area contributed by atoms with E-state index in [4.69, 9.17) is 0 Å². The summed E-state index contributed by atoms with van der Waals surface area (Å²) in [5, 5.41) is 2.54. The number of esters is 1. The standard InChI is InChI=1S/C17H22N4O4/c1-25-15(22)11-14-16(23)21(17(24)18-14)12-19-7-9-20(10-8-19)13-5-3-2-4-6-13/h2-6,14H,7-12H2,1H3,(H,18,24)/t14-/m1/s1. The number of hydrogen-bond donors (Lipinski definition) is 1. The summed E-state index contributed by atoms with van der Waals surface area (Å²) >= 11 is 0. The number of para-hydroxylation sites is 1. The lowest BCUT2D eigenvalue weighted by molar-refractivity contribution is -0.143. The molecule has 1 N–H and O–H groups in total. The van der Waals surface area contributed by atoms with Gasteiger partial charge in [-0.05, 0) is 12.1 Å². The van der Waals surface area contributed by atoms with Gasteiger partial charge in [-0.25, -0.2) is 9.69 Å². The average molecular weight is 346 g/mol. The first-order valence-corrected chi connectivity index (χ1v) is 8.29. The minimum absolute atomic E-state index is 0.140. The van der Waals surface area contributed by atoms with E-state index in [0.29, 0.717) is 0 Å². The highest BCUT2D eigenvalue weighted by Gasteiger charge is 2.40. The van der Waals surface area contributed by atoms with Crippen LogP contribution >= 0.6 is 0 Å². The molecule has 2 aliphatic heterocycles. The Morgan fingerprint density at radius 3 is 2.48 bits per heavy atom. The van der Waals surface area contributed by atoms with E-state index in [1.54, 1.807) is 0 Å². The molecule has 0 spiro atoms. The predicted molar refractivity (Wildman–Crippen MR) is 90.9 cm³/mol. The number of methoxy groups -OCH3 is 1. The van der Waals surface area contributed by atoms with Crippen LogP contribution in [0.2, 0.25) is 0 Å². The van der Waals surface area contributed by atoms with E-state index in [1.807, 2.05) is 18.2 Å². The molecule has 2 aliphatic rings. The van der Waals surface area contributed by atoms with Gasteiger partial charge in [-0.2, -0.15) is 0 Å². The molecule has 0 unspecified atom stereocenters. The molecule has 1 aromatic carbocycles. The number of imide groups is 1. The molecule has 2 heterocycles. The second-order valence-electron chi connectivity index (χ2n) is 6.13. The van der Waals surface area contributed by atoms with Crippen molar-refractivity contribution in [3.8, 4) is 0 Å². The van der Waals surface area contributed by atoms with Crippen LogP contribution in [0.3, 0.4) is 0 Å². The highest BCUT2D eigenvalue weighted by atomic mass is 16.5. The van der Waals surface area contributed by atoms with Gasteiger partial charge < -0.3 is 15.0 Å². The van der Waals surface area contributed by atoms with Crippen LogP contribution < -0.4 is 10.2 Å². The molecule has 2 saturated heterocycles. The SMILES string of the molecule is COC(=O)C[C@H]1NC(=O)N(CN2CCN(c3ccccc3)CC2)C1=O. The Kier molecular flexibility index (Phi) is 5.18. The molecular formula is C17H22N4O4. The second kappa shape index (κ2) is 7.52. The number of benzene rings is 1. The number of carbonyl (C=O) groups is 3. The Morgan fingerprint density at radius 2 is 1.84 bits per heavy atom. The van der Waals surface area contributed by atoms with Crippen molar-refractivity contribution < 1.29 is 19.1 Å². The van der Waals surface area contributed by atoms with Gasteiger partial charge in [-0.1, -0.05) is 18.2 Å². The normalized spacial score (nSPS) is 21.4. The molecule has 25 heavy (non-hydrogen) atoms. The van der Waals surface area contributed by atoms with Crippen LogP contribution in [0.15, 0.2) is 30.3 Å². The Bertz CT molecular complexity index is 643.